The summed E-state index contributed by atoms with van der Waals surface area (Å²) in [6.45, 7) is 5.26. The molecule has 0 amide bonds. The van der Waals surface area contributed by atoms with E-state index in [1.807, 2.05) is 0 Å². The van der Waals surface area contributed by atoms with Gasteiger partial charge in [-0.1, -0.05) is 19.8 Å². The molecule has 0 aromatic heterocycles. The van der Waals surface area contributed by atoms with Gasteiger partial charge in [-0.3, -0.25) is 0 Å². The average Bonchev–Trinajstić information content (AvgIpc) is 2.30. The zero-order chi connectivity index (χ0) is 11.6. The molecular formula is C14H26O2. The van der Waals surface area contributed by atoms with E-state index >= 15 is 0 Å². The Bertz CT molecular complexity index is 213. The van der Waals surface area contributed by atoms with Crippen molar-refractivity contribution in [3.8, 4) is 0 Å². The summed E-state index contributed by atoms with van der Waals surface area (Å²) < 4.78 is 5.86. The average molecular weight is 226 g/mol. The van der Waals surface area contributed by atoms with Crippen molar-refractivity contribution in [1.29, 1.82) is 0 Å². The van der Waals surface area contributed by atoms with Crippen LogP contribution in [-0.4, -0.2) is 23.4 Å². The van der Waals surface area contributed by atoms with Gasteiger partial charge in [-0.2, -0.15) is 0 Å². The maximum absolute atomic E-state index is 10.5. The van der Waals surface area contributed by atoms with E-state index < -0.39 is 0 Å². The van der Waals surface area contributed by atoms with Gasteiger partial charge in [0.25, 0.3) is 0 Å². The van der Waals surface area contributed by atoms with Gasteiger partial charge in [0, 0.05) is 6.61 Å². The Morgan fingerprint density at radius 3 is 2.44 bits per heavy atom. The summed E-state index contributed by atoms with van der Waals surface area (Å²) in [5.74, 6) is 1.32. The number of rotatable bonds is 2. The van der Waals surface area contributed by atoms with Crippen LogP contribution in [0.25, 0.3) is 0 Å². The zero-order valence-electron chi connectivity index (χ0n) is 10.7. The van der Waals surface area contributed by atoms with Crippen LogP contribution in [0.15, 0.2) is 0 Å². The molecule has 94 valence electrons. The van der Waals surface area contributed by atoms with E-state index in [4.69, 9.17) is 4.74 Å². The van der Waals surface area contributed by atoms with Gasteiger partial charge in [-0.15, -0.1) is 0 Å². The van der Waals surface area contributed by atoms with E-state index in [-0.39, 0.29) is 11.7 Å². The van der Waals surface area contributed by atoms with Crippen molar-refractivity contribution >= 4 is 0 Å². The fourth-order valence-corrected chi connectivity index (χ4v) is 3.29. The smallest absolute Gasteiger partial charge is 0.0914 e. The van der Waals surface area contributed by atoms with Crippen molar-refractivity contribution < 1.29 is 9.84 Å². The molecule has 2 aliphatic rings. The number of ether oxygens (including phenoxy) is 1. The summed E-state index contributed by atoms with van der Waals surface area (Å²) in [5.41, 5.74) is -0.260. The maximum Gasteiger partial charge on any atom is 0.0914 e. The Balaban J connectivity index is 1.92. The third-order valence-electron chi connectivity index (χ3n) is 4.63. The molecule has 0 aromatic carbocycles. The van der Waals surface area contributed by atoms with Crippen LogP contribution in [0.3, 0.4) is 0 Å². The summed E-state index contributed by atoms with van der Waals surface area (Å²) in [6, 6.07) is 0. The minimum atomic E-state index is -0.260. The quantitative estimate of drug-likeness (QED) is 0.784. The lowest BCUT2D eigenvalue weighted by molar-refractivity contribution is -0.157. The van der Waals surface area contributed by atoms with Gasteiger partial charge in [0.2, 0.25) is 0 Å². The first-order valence-corrected chi connectivity index (χ1v) is 6.94. The van der Waals surface area contributed by atoms with Crippen molar-refractivity contribution in [2.75, 3.05) is 6.61 Å². The normalized spacial score (nSPS) is 42.9. The highest BCUT2D eigenvalue weighted by Crippen LogP contribution is 2.38. The zero-order valence-corrected chi connectivity index (χ0v) is 10.7. The van der Waals surface area contributed by atoms with Crippen molar-refractivity contribution in [2.45, 2.75) is 70.5 Å². The fourth-order valence-electron chi connectivity index (χ4n) is 3.29. The Hall–Kier alpha value is -0.0800. The summed E-state index contributed by atoms with van der Waals surface area (Å²) >= 11 is 0. The van der Waals surface area contributed by atoms with Gasteiger partial charge in [-0.05, 0) is 50.9 Å². The van der Waals surface area contributed by atoms with Crippen molar-refractivity contribution in [2.24, 2.45) is 11.8 Å². The van der Waals surface area contributed by atoms with E-state index in [2.05, 4.69) is 13.8 Å². The minimum Gasteiger partial charge on any atom is -0.390 e. The largest absolute Gasteiger partial charge is 0.390 e. The van der Waals surface area contributed by atoms with E-state index in [0.29, 0.717) is 5.92 Å². The van der Waals surface area contributed by atoms with Gasteiger partial charge in [-0.25, -0.2) is 0 Å². The molecule has 0 spiro atoms. The third-order valence-corrected chi connectivity index (χ3v) is 4.63. The second-order valence-electron chi connectivity index (χ2n) is 6.08. The molecule has 2 atom stereocenters. The van der Waals surface area contributed by atoms with Crippen LogP contribution in [0.2, 0.25) is 0 Å². The van der Waals surface area contributed by atoms with Crippen LogP contribution in [0.1, 0.15) is 58.8 Å². The molecule has 2 fully saturated rings. The molecule has 2 heteroatoms. The summed E-state index contributed by atoms with van der Waals surface area (Å²) in [4.78, 5) is 0. The van der Waals surface area contributed by atoms with Crippen LogP contribution < -0.4 is 0 Å². The van der Waals surface area contributed by atoms with Gasteiger partial charge in [0.15, 0.2) is 0 Å². The van der Waals surface area contributed by atoms with E-state index in [1.54, 1.807) is 0 Å². The second kappa shape index (κ2) is 5.05. The predicted molar refractivity (Wildman–Crippen MR) is 65.3 cm³/mol. The number of aliphatic hydroxyl groups excluding tert-OH is 1. The molecular weight excluding hydrogens is 200 g/mol. The summed E-state index contributed by atoms with van der Waals surface area (Å²) in [7, 11) is 0. The van der Waals surface area contributed by atoms with Gasteiger partial charge in [0.1, 0.15) is 0 Å². The first-order chi connectivity index (χ1) is 7.62. The van der Waals surface area contributed by atoms with Crippen molar-refractivity contribution in [1.82, 2.24) is 0 Å². The van der Waals surface area contributed by atoms with Gasteiger partial charge < -0.3 is 9.84 Å². The lowest BCUT2D eigenvalue weighted by atomic mass is 9.74. The first-order valence-electron chi connectivity index (χ1n) is 6.94. The highest BCUT2D eigenvalue weighted by atomic mass is 16.5. The molecule has 1 aliphatic heterocycles. The number of aliphatic hydroxyl groups is 1. The number of hydrogen-bond acceptors (Lipinski definition) is 2. The lowest BCUT2D eigenvalue weighted by Gasteiger charge is -2.43. The summed E-state index contributed by atoms with van der Waals surface area (Å²) in [6.07, 6.45) is 8.05. The summed E-state index contributed by atoms with van der Waals surface area (Å²) in [5, 5.41) is 10.5. The molecule has 1 aliphatic carbocycles. The highest BCUT2D eigenvalue weighted by molar-refractivity contribution is 4.91. The second-order valence-corrected chi connectivity index (χ2v) is 6.08. The van der Waals surface area contributed by atoms with Crippen LogP contribution >= 0.6 is 0 Å². The molecule has 16 heavy (non-hydrogen) atoms. The van der Waals surface area contributed by atoms with Crippen LogP contribution in [0.5, 0.6) is 0 Å². The fraction of sp³-hybridized carbons (Fsp3) is 1.00. The van der Waals surface area contributed by atoms with Crippen molar-refractivity contribution in [3.63, 3.8) is 0 Å². The Morgan fingerprint density at radius 2 is 1.88 bits per heavy atom. The van der Waals surface area contributed by atoms with Gasteiger partial charge in [0.05, 0.1) is 11.7 Å². The molecule has 0 aromatic rings. The molecule has 1 heterocycles. The first kappa shape index (κ1) is 12.4. The topological polar surface area (TPSA) is 29.5 Å². The molecule has 0 radical (unpaired) electrons. The van der Waals surface area contributed by atoms with Gasteiger partial charge >= 0.3 is 0 Å². The molecule has 2 rings (SSSR count). The van der Waals surface area contributed by atoms with Crippen LogP contribution in [0, 0.1) is 11.8 Å². The maximum atomic E-state index is 10.5. The van der Waals surface area contributed by atoms with E-state index in [9.17, 15) is 5.11 Å². The predicted octanol–water partition coefficient (Wildman–Crippen LogP) is 3.13. The Morgan fingerprint density at radius 1 is 1.19 bits per heavy atom. The van der Waals surface area contributed by atoms with Crippen molar-refractivity contribution in [3.05, 3.63) is 0 Å². The third kappa shape index (κ3) is 2.60. The monoisotopic (exact) mass is 226 g/mol. The SMILES string of the molecule is CC1CCC(C(O)C2(C)CCCCO2)CC1. The molecule has 0 bridgehead atoms. The molecule has 1 saturated heterocycles. The highest BCUT2D eigenvalue weighted by Gasteiger charge is 2.40. The lowest BCUT2D eigenvalue weighted by Crippen LogP contribution is -2.49. The Kier molecular flexibility index (Phi) is 3.91. The minimum absolute atomic E-state index is 0.250. The van der Waals surface area contributed by atoms with Crippen LogP contribution in [0.4, 0.5) is 0 Å². The van der Waals surface area contributed by atoms with E-state index in [0.717, 1.165) is 25.4 Å². The molecule has 1 N–H and O–H groups in total. The molecule has 1 saturated carbocycles. The van der Waals surface area contributed by atoms with E-state index in [1.165, 1.54) is 32.1 Å². The Labute approximate surface area is 99.4 Å². The number of hydrogen-bond donors (Lipinski definition) is 1. The van der Waals surface area contributed by atoms with Crippen LogP contribution in [-0.2, 0) is 4.74 Å². The molecule has 2 unspecified atom stereocenters. The molecule has 2 nitrogen and oxygen atoms in total. The standard InChI is InChI=1S/C14H26O2/c1-11-5-7-12(8-6-11)13(15)14(2)9-3-4-10-16-14/h11-13,15H,3-10H2,1-2H3.